The third kappa shape index (κ3) is 41.0. The number of hydrogen-bond donors (Lipinski definition) is 1. The second-order valence-electron chi connectivity index (χ2n) is 14.1. The Morgan fingerprint density at radius 3 is 1.38 bits per heavy atom. The van der Waals surface area contributed by atoms with Gasteiger partial charge in [-0.3, -0.25) is 18.6 Å². The molecule has 2 unspecified atom stereocenters. The quantitative estimate of drug-likeness (QED) is 0.0284. The summed E-state index contributed by atoms with van der Waals surface area (Å²) < 4.78 is 32.0. The van der Waals surface area contributed by atoms with Gasteiger partial charge in [-0.2, -0.15) is 0 Å². The Labute approximate surface area is 336 Å². The number of rotatable bonds is 39. The zero-order chi connectivity index (χ0) is 40.3. The van der Waals surface area contributed by atoms with Crippen molar-refractivity contribution in [2.45, 2.75) is 187 Å². The Morgan fingerprint density at radius 2 is 0.927 bits per heavy atom. The molecular weight excluding hydrogens is 711 g/mol. The molecule has 0 heterocycles. The fourth-order valence-corrected chi connectivity index (χ4v) is 6.08. The number of carbonyl (C=O) groups is 2. The van der Waals surface area contributed by atoms with Gasteiger partial charge in [0.05, 0.1) is 6.61 Å². The second-order valence-corrected chi connectivity index (χ2v) is 15.7. The van der Waals surface area contributed by atoms with Gasteiger partial charge in [0.1, 0.15) is 6.61 Å². The molecule has 0 fully saturated rings. The first-order valence-electron chi connectivity index (χ1n) is 21.6. The van der Waals surface area contributed by atoms with E-state index in [0.717, 1.165) is 84.2 Å². The summed E-state index contributed by atoms with van der Waals surface area (Å²) in [6, 6.07) is 0. The van der Waals surface area contributed by atoms with Gasteiger partial charge in [0.15, 0.2) is 6.10 Å². The highest BCUT2D eigenvalue weighted by Crippen LogP contribution is 2.42. The van der Waals surface area contributed by atoms with Crippen molar-refractivity contribution in [3.8, 4) is 0 Å². The predicted molar refractivity (Wildman–Crippen MR) is 230 cm³/mol. The number of phosphoric ester groups is 1. The molecule has 0 bridgehead atoms. The SMILES string of the molecule is CC/C=C\C/C=C\C/C=C\C/C=C\CCCCCCC(=O)OC(COC(=O)CCCCCCCCCCC/C=C\C/C=C\CCCCC)COP(=O)(O)OC. The molecule has 55 heavy (non-hydrogen) atoms. The van der Waals surface area contributed by atoms with E-state index in [-0.39, 0.29) is 25.4 Å². The maximum absolute atomic E-state index is 12.5. The predicted octanol–water partition coefficient (Wildman–Crippen LogP) is 13.7. The number of phosphoric acid groups is 1. The van der Waals surface area contributed by atoms with Crippen molar-refractivity contribution in [1.29, 1.82) is 0 Å². The van der Waals surface area contributed by atoms with E-state index in [0.29, 0.717) is 6.42 Å². The minimum Gasteiger partial charge on any atom is -0.462 e. The molecule has 316 valence electrons. The van der Waals surface area contributed by atoms with Gasteiger partial charge in [-0.1, -0.05) is 157 Å². The smallest absolute Gasteiger partial charge is 0.462 e. The van der Waals surface area contributed by atoms with Gasteiger partial charge in [-0.05, 0) is 83.5 Å². The largest absolute Gasteiger partial charge is 0.472 e. The van der Waals surface area contributed by atoms with E-state index in [1.54, 1.807) is 0 Å². The van der Waals surface area contributed by atoms with Crippen molar-refractivity contribution >= 4 is 19.8 Å². The third-order valence-electron chi connectivity index (χ3n) is 8.93. The van der Waals surface area contributed by atoms with Crippen LogP contribution < -0.4 is 0 Å². The number of esters is 2. The topological polar surface area (TPSA) is 108 Å². The average molecular weight is 791 g/mol. The Morgan fingerprint density at radius 1 is 0.527 bits per heavy atom. The van der Waals surface area contributed by atoms with Gasteiger partial charge in [0.2, 0.25) is 0 Å². The molecule has 1 N–H and O–H groups in total. The Kier molecular flexibility index (Phi) is 39.3. The fourth-order valence-electron chi connectivity index (χ4n) is 5.62. The highest BCUT2D eigenvalue weighted by molar-refractivity contribution is 7.47. The van der Waals surface area contributed by atoms with E-state index >= 15 is 0 Å². The van der Waals surface area contributed by atoms with E-state index in [4.69, 9.17) is 14.0 Å². The summed E-state index contributed by atoms with van der Waals surface area (Å²) in [5.74, 6) is -0.840. The van der Waals surface area contributed by atoms with Crippen LogP contribution in [0.5, 0.6) is 0 Å². The monoisotopic (exact) mass is 791 g/mol. The van der Waals surface area contributed by atoms with Gasteiger partial charge < -0.3 is 14.4 Å². The average Bonchev–Trinajstić information content (AvgIpc) is 3.18. The lowest BCUT2D eigenvalue weighted by Crippen LogP contribution is -2.29. The lowest BCUT2D eigenvalue weighted by molar-refractivity contribution is -0.161. The van der Waals surface area contributed by atoms with Gasteiger partial charge in [0.25, 0.3) is 0 Å². The van der Waals surface area contributed by atoms with E-state index in [1.165, 1.54) is 70.6 Å². The molecule has 0 aliphatic rings. The highest BCUT2D eigenvalue weighted by Gasteiger charge is 2.24. The van der Waals surface area contributed by atoms with Crippen LogP contribution >= 0.6 is 7.82 Å². The van der Waals surface area contributed by atoms with Crippen LogP contribution in [0.15, 0.2) is 72.9 Å². The fraction of sp³-hybridized carbons (Fsp3) is 0.696. The van der Waals surface area contributed by atoms with Crippen molar-refractivity contribution in [3.63, 3.8) is 0 Å². The summed E-state index contributed by atoms with van der Waals surface area (Å²) in [6.07, 6.45) is 52.3. The second kappa shape index (κ2) is 41.1. The lowest BCUT2D eigenvalue weighted by Gasteiger charge is -2.19. The number of allylic oxidation sites excluding steroid dienone is 12. The molecule has 0 aromatic heterocycles. The van der Waals surface area contributed by atoms with Gasteiger partial charge in [-0.15, -0.1) is 0 Å². The molecular formula is C46H79O8P. The van der Waals surface area contributed by atoms with Crippen molar-refractivity contribution in [1.82, 2.24) is 0 Å². The summed E-state index contributed by atoms with van der Waals surface area (Å²) in [7, 11) is -3.22. The van der Waals surface area contributed by atoms with Gasteiger partial charge >= 0.3 is 19.8 Å². The van der Waals surface area contributed by atoms with Gasteiger partial charge in [0, 0.05) is 20.0 Å². The van der Waals surface area contributed by atoms with Crippen molar-refractivity contribution in [2.24, 2.45) is 0 Å². The minimum atomic E-state index is -4.27. The van der Waals surface area contributed by atoms with E-state index < -0.39 is 26.5 Å². The van der Waals surface area contributed by atoms with E-state index in [9.17, 15) is 19.0 Å². The zero-order valence-electron chi connectivity index (χ0n) is 35.1. The molecule has 0 saturated carbocycles. The van der Waals surface area contributed by atoms with Crippen LogP contribution in [0.1, 0.15) is 181 Å². The number of ether oxygens (including phenoxy) is 2. The Balaban J connectivity index is 4.05. The molecule has 0 radical (unpaired) electrons. The first-order chi connectivity index (χ1) is 26.8. The highest BCUT2D eigenvalue weighted by atomic mass is 31.2. The van der Waals surface area contributed by atoms with Crippen LogP contribution in [0.2, 0.25) is 0 Å². The normalized spacial score (nSPS) is 14.0. The molecule has 0 aliphatic heterocycles. The Bertz CT molecular complexity index is 1120. The van der Waals surface area contributed by atoms with Crippen LogP contribution in [-0.4, -0.2) is 43.3 Å². The van der Waals surface area contributed by atoms with Crippen LogP contribution in [0.3, 0.4) is 0 Å². The summed E-state index contributed by atoms with van der Waals surface area (Å²) in [5, 5.41) is 0. The first-order valence-corrected chi connectivity index (χ1v) is 23.1. The maximum atomic E-state index is 12.5. The van der Waals surface area contributed by atoms with Crippen molar-refractivity contribution in [2.75, 3.05) is 20.3 Å². The van der Waals surface area contributed by atoms with Crippen LogP contribution in [0.4, 0.5) is 0 Å². The molecule has 2 atom stereocenters. The molecule has 0 rings (SSSR count). The third-order valence-corrected chi connectivity index (χ3v) is 9.87. The van der Waals surface area contributed by atoms with Gasteiger partial charge in [-0.25, -0.2) is 4.57 Å². The van der Waals surface area contributed by atoms with Crippen LogP contribution in [-0.2, 0) is 32.7 Å². The number of hydrogen-bond acceptors (Lipinski definition) is 7. The molecule has 0 saturated heterocycles. The molecule has 9 heteroatoms. The number of carbonyl (C=O) groups excluding carboxylic acids is 2. The maximum Gasteiger partial charge on any atom is 0.472 e. The first kappa shape index (κ1) is 52.5. The zero-order valence-corrected chi connectivity index (χ0v) is 36.0. The van der Waals surface area contributed by atoms with Crippen molar-refractivity contribution in [3.05, 3.63) is 72.9 Å². The summed E-state index contributed by atoms with van der Waals surface area (Å²) in [5.41, 5.74) is 0. The van der Waals surface area contributed by atoms with Crippen molar-refractivity contribution < 1.29 is 37.6 Å². The standard InChI is InChI=1S/C46H79O8P/c1-4-6-8-10-12-14-16-18-20-22-23-25-26-28-30-32-34-36-38-40-45(47)52-42-44(43-53-55(49,50)51-3)54-46(48)41-39-37-35-33-31-29-27-24-21-19-17-15-13-11-9-7-5-2/h7,9,12-15,18-21,27,29,44H,4-6,8,10-11,16-17,22-26,28,30-43H2,1-3H3,(H,49,50)/b9-7-,14-12-,15-13-,20-18-,21-19-,29-27-. The van der Waals surface area contributed by atoms with E-state index in [1.807, 2.05) is 0 Å². The Hall–Kier alpha value is -2.51. The van der Waals surface area contributed by atoms with Crippen LogP contribution in [0, 0.1) is 0 Å². The summed E-state index contributed by atoms with van der Waals surface area (Å²) in [4.78, 5) is 34.5. The molecule has 8 nitrogen and oxygen atoms in total. The summed E-state index contributed by atoms with van der Waals surface area (Å²) in [6.45, 7) is 3.72. The molecule has 0 aromatic rings. The molecule has 0 spiro atoms. The summed E-state index contributed by atoms with van der Waals surface area (Å²) >= 11 is 0. The molecule has 0 aromatic carbocycles. The number of unbranched alkanes of at least 4 members (excludes halogenated alkanes) is 16. The van der Waals surface area contributed by atoms with E-state index in [2.05, 4.69) is 91.3 Å². The molecule has 0 amide bonds. The molecule has 0 aliphatic carbocycles. The lowest BCUT2D eigenvalue weighted by atomic mass is 10.1. The van der Waals surface area contributed by atoms with Crippen LogP contribution in [0.25, 0.3) is 0 Å². The minimum absolute atomic E-state index is 0.212.